The van der Waals surface area contributed by atoms with E-state index < -0.39 is 0 Å². The highest BCUT2D eigenvalue weighted by Crippen LogP contribution is 2.22. The van der Waals surface area contributed by atoms with Crippen LogP contribution in [0.15, 0.2) is 17.5 Å². The summed E-state index contributed by atoms with van der Waals surface area (Å²) >= 11 is 1.65. The first-order chi connectivity index (χ1) is 8.69. The Morgan fingerprint density at radius 2 is 2.21 bits per heavy atom. The van der Waals surface area contributed by atoms with Gasteiger partial charge in [-0.3, -0.25) is 0 Å². The fraction of sp³-hybridized carbons (Fsp3) is 0.417. The van der Waals surface area contributed by atoms with Gasteiger partial charge in [0, 0.05) is 12.0 Å². The van der Waals surface area contributed by atoms with Crippen LogP contribution in [-0.4, -0.2) is 28.7 Å². The Bertz CT molecular complexity index is 483. The summed E-state index contributed by atoms with van der Waals surface area (Å²) in [5.74, 6) is 1.27. The summed E-state index contributed by atoms with van der Waals surface area (Å²) in [5.41, 5.74) is 5.60. The monoisotopic (exact) mass is 281 g/mol. The fourth-order valence-corrected chi connectivity index (χ4v) is 2.34. The predicted molar refractivity (Wildman–Crippen MR) is 78.3 cm³/mol. The zero-order valence-corrected chi connectivity index (χ0v) is 11.1. The lowest BCUT2D eigenvalue weighted by Gasteiger charge is -2.16. The van der Waals surface area contributed by atoms with E-state index in [9.17, 15) is 0 Å². The van der Waals surface area contributed by atoms with Crippen molar-refractivity contribution in [3.8, 4) is 0 Å². The highest BCUT2D eigenvalue weighted by molar-refractivity contribution is 7.10. The standard InChI is InChI=1S/C11H15N5OS.CH4/c1-7-13-10(12)16-11(14-7)15-8(6-17-2)9-4-3-5-18-9;/h3-5,8H,6H2,1-2H3,(H3,12,13,14,15,16);1H4. The zero-order chi connectivity index (χ0) is 13.0. The third-order valence-electron chi connectivity index (χ3n) is 2.29. The molecule has 7 heteroatoms. The number of anilines is 2. The van der Waals surface area contributed by atoms with Crippen molar-refractivity contribution < 1.29 is 4.74 Å². The maximum Gasteiger partial charge on any atom is 0.228 e. The number of hydrogen-bond acceptors (Lipinski definition) is 7. The Labute approximate surface area is 117 Å². The molecule has 19 heavy (non-hydrogen) atoms. The second-order valence-corrected chi connectivity index (χ2v) is 4.71. The molecule has 0 spiro atoms. The van der Waals surface area contributed by atoms with Crippen molar-refractivity contribution in [1.29, 1.82) is 0 Å². The van der Waals surface area contributed by atoms with E-state index in [0.29, 0.717) is 18.4 Å². The number of thiophene rings is 1. The molecule has 0 radical (unpaired) electrons. The number of methoxy groups -OCH3 is 1. The lowest BCUT2D eigenvalue weighted by atomic mass is 10.2. The SMILES string of the molecule is C.COCC(Nc1nc(C)nc(N)n1)c1cccs1. The predicted octanol–water partition coefficient (Wildman–Crippen LogP) is 2.26. The van der Waals surface area contributed by atoms with Gasteiger partial charge in [0.15, 0.2) is 0 Å². The number of nitrogens with zero attached hydrogens (tertiary/aromatic N) is 3. The smallest absolute Gasteiger partial charge is 0.228 e. The lowest BCUT2D eigenvalue weighted by molar-refractivity contribution is 0.187. The van der Waals surface area contributed by atoms with Crippen molar-refractivity contribution in [2.24, 2.45) is 0 Å². The van der Waals surface area contributed by atoms with Crippen LogP contribution in [0.4, 0.5) is 11.9 Å². The van der Waals surface area contributed by atoms with Crippen molar-refractivity contribution in [1.82, 2.24) is 15.0 Å². The summed E-state index contributed by atoms with van der Waals surface area (Å²) in [6.45, 7) is 2.31. The highest BCUT2D eigenvalue weighted by atomic mass is 32.1. The van der Waals surface area contributed by atoms with E-state index in [1.807, 2.05) is 17.5 Å². The Balaban J connectivity index is 0.00000180. The molecule has 0 saturated heterocycles. The van der Waals surface area contributed by atoms with Gasteiger partial charge in [0.05, 0.1) is 12.6 Å². The minimum Gasteiger partial charge on any atom is -0.382 e. The van der Waals surface area contributed by atoms with E-state index in [-0.39, 0.29) is 19.4 Å². The third-order valence-corrected chi connectivity index (χ3v) is 3.27. The molecule has 0 saturated carbocycles. The Hall–Kier alpha value is -1.73. The van der Waals surface area contributed by atoms with Gasteiger partial charge >= 0.3 is 0 Å². The number of nitrogens with two attached hydrogens (primary N) is 1. The summed E-state index contributed by atoms with van der Waals surface area (Å²) in [6.07, 6.45) is 0. The van der Waals surface area contributed by atoms with Crippen LogP contribution < -0.4 is 11.1 Å². The molecule has 0 aliphatic rings. The van der Waals surface area contributed by atoms with Crippen LogP contribution in [0.5, 0.6) is 0 Å². The van der Waals surface area contributed by atoms with Crippen molar-refractivity contribution in [3.05, 3.63) is 28.2 Å². The van der Waals surface area contributed by atoms with E-state index in [0.717, 1.165) is 4.88 Å². The van der Waals surface area contributed by atoms with Gasteiger partial charge in [-0.25, -0.2) is 0 Å². The molecule has 0 amide bonds. The summed E-state index contributed by atoms with van der Waals surface area (Å²) < 4.78 is 5.20. The van der Waals surface area contributed by atoms with Gasteiger partial charge in [0.2, 0.25) is 11.9 Å². The van der Waals surface area contributed by atoms with Gasteiger partial charge in [-0.1, -0.05) is 13.5 Å². The average molecular weight is 281 g/mol. The first-order valence-electron chi connectivity index (χ1n) is 5.46. The molecule has 0 aliphatic carbocycles. The number of nitrogen functional groups attached to an aromatic ring is 1. The fourth-order valence-electron chi connectivity index (χ4n) is 1.57. The molecule has 2 aromatic rings. The van der Waals surface area contributed by atoms with Crippen LogP contribution in [0.25, 0.3) is 0 Å². The van der Waals surface area contributed by atoms with Crippen molar-refractivity contribution in [2.45, 2.75) is 20.4 Å². The molecule has 2 rings (SSSR count). The lowest BCUT2D eigenvalue weighted by Crippen LogP contribution is -2.18. The third kappa shape index (κ3) is 4.15. The largest absolute Gasteiger partial charge is 0.382 e. The summed E-state index contributed by atoms with van der Waals surface area (Å²) in [5, 5.41) is 5.23. The molecule has 2 heterocycles. The second-order valence-electron chi connectivity index (χ2n) is 3.73. The molecule has 6 nitrogen and oxygen atoms in total. The summed E-state index contributed by atoms with van der Waals surface area (Å²) in [7, 11) is 1.66. The number of aryl methyl sites for hydroxylation is 1. The van der Waals surface area contributed by atoms with Crippen LogP contribution in [-0.2, 0) is 4.74 Å². The van der Waals surface area contributed by atoms with Crippen LogP contribution in [0, 0.1) is 6.92 Å². The first-order valence-corrected chi connectivity index (χ1v) is 6.34. The van der Waals surface area contributed by atoms with E-state index in [2.05, 4.69) is 20.3 Å². The Morgan fingerprint density at radius 3 is 2.79 bits per heavy atom. The van der Waals surface area contributed by atoms with Crippen LogP contribution >= 0.6 is 11.3 Å². The molecular formula is C12H19N5OS. The van der Waals surface area contributed by atoms with Gasteiger partial charge in [0.25, 0.3) is 0 Å². The molecule has 1 atom stereocenters. The van der Waals surface area contributed by atoms with Crippen molar-refractivity contribution in [2.75, 3.05) is 24.8 Å². The Morgan fingerprint density at radius 1 is 1.42 bits per heavy atom. The number of aromatic nitrogens is 3. The molecular weight excluding hydrogens is 262 g/mol. The summed E-state index contributed by atoms with van der Waals surface area (Å²) in [6, 6.07) is 4.05. The number of ether oxygens (including phenoxy) is 1. The number of hydrogen-bond donors (Lipinski definition) is 2. The van der Waals surface area contributed by atoms with E-state index in [1.165, 1.54) is 0 Å². The second kappa shape index (κ2) is 7.01. The molecule has 0 aromatic carbocycles. The molecule has 2 aromatic heterocycles. The van der Waals surface area contributed by atoms with Gasteiger partial charge < -0.3 is 15.8 Å². The van der Waals surface area contributed by atoms with E-state index in [1.54, 1.807) is 25.4 Å². The van der Waals surface area contributed by atoms with Crippen molar-refractivity contribution >= 4 is 23.2 Å². The maximum absolute atomic E-state index is 5.60. The molecule has 0 fully saturated rings. The number of nitrogens with one attached hydrogen (secondary N) is 1. The summed E-state index contributed by atoms with van der Waals surface area (Å²) in [4.78, 5) is 13.4. The van der Waals surface area contributed by atoms with Crippen LogP contribution in [0.1, 0.15) is 24.2 Å². The van der Waals surface area contributed by atoms with Gasteiger partial charge in [-0.15, -0.1) is 11.3 Å². The highest BCUT2D eigenvalue weighted by Gasteiger charge is 2.14. The normalized spacial score (nSPS) is 11.7. The minimum absolute atomic E-state index is 0. The molecule has 3 N–H and O–H groups in total. The van der Waals surface area contributed by atoms with E-state index in [4.69, 9.17) is 10.5 Å². The van der Waals surface area contributed by atoms with Crippen molar-refractivity contribution in [3.63, 3.8) is 0 Å². The van der Waals surface area contributed by atoms with Crippen LogP contribution in [0.3, 0.4) is 0 Å². The van der Waals surface area contributed by atoms with Crippen LogP contribution in [0.2, 0.25) is 0 Å². The zero-order valence-electron chi connectivity index (χ0n) is 10.3. The Kier molecular flexibility index (Phi) is 5.65. The van der Waals surface area contributed by atoms with Gasteiger partial charge in [-0.05, 0) is 18.4 Å². The number of rotatable bonds is 5. The first kappa shape index (κ1) is 15.3. The average Bonchev–Trinajstić information content (AvgIpc) is 2.80. The quantitative estimate of drug-likeness (QED) is 0.874. The minimum atomic E-state index is 0. The molecule has 104 valence electrons. The van der Waals surface area contributed by atoms with E-state index >= 15 is 0 Å². The van der Waals surface area contributed by atoms with Gasteiger partial charge in [-0.2, -0.15) is 15.0 Å². The van der Waals surface area contributed by atoms with Gasteiger partial charge in [0.1, 0.15) is 5.82 Å². The molecule has 1 unspecified atom stereocenters. The maximum atomic E-state index is 5.60. The molecule has 0 aliphatic heterocycles. The molecule has 0 bridgehead atoms. The topological polar surface area (TPSA) is 86.0 Å².